The molecule has 0 unspecified atom stereocenters. The van der Waals surface area contributed by atoms with Gasteiger partial charge in [0.15, 0.2) is 5.69 Å². The minimum Gasteiger partial charge on any atom is -0.377 e. The van der Waals surface area contributed by atoms with Crippen LogP contribution in [0.25, 0.3) is 0 Å². The van der Waals surface area contributed by atoms with Gasteiger partial charge in [-0.3, -0.25) is 9.59 Å². The lowest BCUT2D eigenvalue weighted by molar-refractivity contribution is -0.134. The van der Waals surface area contributed by atoms with Crippen molar-refractivity contribution >= 4 is 11.8 Å². The maximum atomic E-state index is 12.9. The Morgan fingerprint density at radius 1 is 1.22 bits per heavy atom. The molecule has 7 heteroatoms. The molecule has 3 heterocycles. The molecule has 2 amide bonds. The first-order valence-corrected chi connectivity index (χ1v) is 9.28. The summed E-state index contributed by atoms with van der Waals surface area (Å²) >= 11 is 0. The first kappa shape index (κ1) is 17.7. The Hall–Kier alpha value is -2.67. The molecule has 2 aliphatic heterocycles. The third-order valence-corrected chi connectivity index (χ3v) is 5.23. The number of hydrogen-bond acceptors (Lipinski definition) is 5. The second kappa shape index (κ2) is 7.52. The molecule has 0 spiro atoms. The van der Waals surface area contributed by atoms with E-state index in [2.05, 4.69) is 17.3 Å². The normalized spacial score (nSPS) is 19.7. The predicted octanol–water partition coefficient (Wildman–Crippen LogP) is 1.80. The molecule has 7 nitrogen and oxygen atoms in total. The first-order valence-electron chi connectivity index (χ1n) is 9.28. The number of nitrogens with zero attached hydrogens (tertiary/aromatic N) is 3. The molecule has 1 aromatic heterocycles. The molecule has 27 heavy (non-hydrogen) atoms. The molecule has 4 rings (SSSR count). The average Bonchev–Trinajstić information content (AvgIpc) is 3.14. The number of fused-ring (bicyclic) bond motifs is 1. The van der Waals surface area contributed by atoms with E-state index in [1.165, 1.54) is 11.1 Å². The first-order chi connectivity index (χ1) is 13.1. The number of rotatable bonds is 3. The summed E-state index contributed by atoms with van der Waals surface area (Å²) in [6, 6.07) is 9.56. The van der Waals surface area contributed by atoms with E-state index in [0.717, 1.165) is 6.42 Å². The zero-order valence-corrected chi connectivity index (χ0v) is 15.4. The maximum Gasteiger partial charge on any atom is 0.276 e. The van der Waals surface area contributed by atoms with Crippen molar-refractivity contribution in [3.05, 3.63) is 52.9 Å². The summed E-state index contributed by atoms with van der Waals surface area (Å²) < 4.78 is 10.6. The van der Waals surface area contributed by atoms with Gasteiger partial charge in [0.25, 0.3) is 5.91 Å². The molecule has 0 saturated carbocycles. The monoisotopic (exact) mass is 369 g/mol. The fourth-order valence-corrected chi connectivity index (χ4v) is 3.74. The second-order valence-electron chi connectivity index (χ2n) is 7.09. The quantitative estimate of drug-likeness (QED) is 0.825. The third-order valence-electron chi connectivity index (χ3n) is 5.23. The zero-order valence-electron chi connectivity index (χ0n) is 15.4. The van der Waals surface area contributed by atoms with E-state index in [9.17, 15) is 9.59 Å². The van der Waals surface area contributed by atoms with Crippen molar-refractivity contribution in [1.82, 2.24) is 15.0 Å². The van der Waals surface area contributed by atoms with Gasteiger partial charge in [0, 0.05) is 32.1 Å². The van der Waals surface area contributed by atoms with Crippen LogP contribution in [-0.2, 0) is 22.5 Å². The van der Waals surface area contributed by atoms with Gasteiger partial charge in [-0.15, -0.1) is 0 Å². The second-order valence-corrected chi connectivity index (χ2v) is 7.09. The van der Waals surface area contributed by atoms with Crippen molar-refractivity contribution in [3.63, 3.8) is 0 Å². The van der Waals surface area contributed by atoms with Crippen molar-refractivity contribution in [2.45, 2.75) is 32.4 Å². The number of amides is 2. The van der Waals surface area contributed by atoms with Gasteiger partial charge < -0.3 is 19.1 Å². The molecule has 1 atom stereocenters. The van der Waals surface area contributed by atoms with Crippen LogP contribution in [0.3, 0.4) is 0 Å². The summed E-state index contributed by atoms with van der Waals surface area (Å²) in [5.41, 5.74) is 2.78. The highest BCUT2D eigenvalue weighted by atomic mass is 16.5. The highest BCUT2D eigenvalue weighted by molar-refractivity contribution is 5.93. The van der Waals surface area contributed by atoms with Crippen LogP contribution in [0, 0.1) is 6.92 Å². The van der Waals surface area contributed by atoms with Gasteiger partial charge in [0.1, 0.15) is 5.76 Å². The molecule has 1 aromatic carbocycles. The molecule has 2 aromatic rings. The largest absolute Gasteiger partial charge is 0.377 e. The number of morpholine rings is 1. The Kier molecular flexibility index (Phi) is 4.94. The highest BCUT2D eigenvalue weighted by Gasteiger charge is 2.33. The van der Waals surface area contributed by atoms with E-state index in [-0.39, 0.29) is 30.0 Å². The molecule has 2 aliphatic rings. The number of aromatic nitrogens is 1. The van der Waals surface area contributed by atoms with E-state index in [4.69, 9.17) is 9.26 Å². The molecule has 1 saturated heterocycles. The lowest BCUT2D eigenvalue weighted by atomic mass is 9.99. The number of carbonyl (C=O) groups excluding carboxylic acids is 2. The van der Waals surface area contributed by atoms with Gasteiger partial charge in [-0.25, -0.2) is 0 Å². The van der Waals surface area contributed by atoms with Crippen LogP contribution in [0.5, 0.6) is 0 Å². The molecular weight excluding hydrogens is 346 g/mol. The van der Waals surface area contributed by atoms with Crippen molar-refractivity contribution in [2.75, 3.05) is 26.3 Å². The fourth-order valence-electron chi connectivity index (χ4n) is 3.74. The zero-order chi connectivity index (χ0) is 18.8. The van der Waals surface area contributed by atoms with Crippen LogP contribution in [-0.4, -0.2) is 59.1 Å². The van der Waals surface area contributed by atoms with Crippen molar-refractivity contribution in [1.29, 1.82) is 0 Å². The van der Waals surface area contributed by atoms with Crippen LogP contribution in [0.15, 0.2) is 34.9 Å². The van der Waals surface area contributed by atoms with E-state index in [1.807, 2.05) is 17.0 Å². The SMILES string of the molecule is Cc1cc(C(=O)N2CCOC[C@H]2CC(=O)N2CCc3ccccc3C2)no1. The minimum atomic E-state index is -0.284. The Morgan fingerprint density at radius 2 is 2.04 bits per heavy atom. The van der Waals surface area contributed by atoms with E-state index < -0.39 is 0 Å². The summed E-state index contributed by atoms with van der Waals surface area (Å²) in [4.78, 5) is 29.2. The molecular formula is C20H23N3O4. The summed E-state index contributed by atoms with van der Waals surface area (Å²) in [7, 11) is 0. The Balaban J connectivity index is 1.44. The number of hydrogen-bond donors (Lipinski definition) is 0. The summed E-state index contributed by atoms with van der Waals surface area (Å²) in [5, 5.41) is 3.82. The summed E-state index contributed by atoms with van der Waals surface area (Å²) in [6.45, 7) is 4.35. The van der Waals surface area contributed by atoms with Gasteiger partial charge in [0.05, 0.1) is 19.3 Å². The Morgan fingerprint density at radius 3 is 2.81 bits per heavy atom. The molecule has 0 aliphatic carbocycles. The average molecular weight is 369 g/mol. The van der Waals surface area contributed by atoms with Crippen LogP contribution >= 0.6 is 0 Å². The van der Waals surface area contributed by atoms with Gasteiger partial charge in [0.2, 0.25) is 5.91 Å². The van der Waals surface area contributed by atoms with Crippen molar-refractivity contribution in [2.24, 2.45) is 0 Å². The maximum absolute atomic E-state index is 12.9. The van der Waals surface area contributed by atoms with Crippen molar-refractivity contribution < 1.29 is 18.8 Å². The Bertz CT molecular complexity index is 847. The van der Waals surface area contributed by atoms with Gasteiger partial charge >= 0.3 is 0 Å². The predicted molar refractivity (Wildman–Crippen MR) is 97.1 cm³/mol. The lowest BCUT2D eigenvalue weighted by Gasteiger charge is -2.36. The highest BCUT2D eigenvalue weighted by Crippen LogP contribution is 2.21. The molecule has 0 N–H and O–H groups in total. The number of carbonyl (C=O) groups is 2. The number of aryl methyl sites for hydroxylation is 1. The topological polar surface area (TPSA) is 75.9 Å². The van der Waals surface area contributed by atoms with Gasteiger partial charge in [-0.05, 0) is 24.5 Å². The minimum absolute atomic E-state index is 0.0501. The van der Waals surface area contributed by atoms with Crippen molar-refractivity contribution in [3.8, 4) is 0 Å². The Labute approximate surface area is 157 Å². The van der Waals surface area contributed by atoms with E-state index >= 15 is 0 Å². The van der Waals surface area contributed by atoms with Gasteiger partial charge in [-0.2, -0.15) is 0 Å². The summed E-state index contributed by atoms with van der Waals surface area (Å²) in [6.07, 6.45) is 1.12. The molecule has 142 valence electrons. The van der Waals surface area contributed by atoms with Crippen LogP contribution in [0.4, 0.5) is 0 Å². The number of benzene rings is 1. The van der Waals surface area contributed by atoms with Crippen LogP contribution < -0.4 is 0 Å². The third kappa shape index (κ3) is 3.73. The van der Waals surface area contributed by atoms with Gasteiger partial charge in [-0.1, -0.05) is 29.4 Å². The molecule has 0 radical (unpaired) electrons. The summed E-state index contributed by atoms with van der Waals surface area (Å²) in [5.74, 6) is 0.428. The van der Waals surface area contributed by atoms with Crippen LogP contribution in [0.1, 0.15) is 33.8 Å². The smallest absolute Gasteiger partial charge is 0.276 e. The fraction of sp³-hybridized carbons (Fsp3) is 0.450. The van der Waals surface area contributed by atoms with E-state index in [0.29, 0.717) is 38.6 Å². The standard InChI is InChI=1S/C20H23N3O4/c1-14-10-18(21-27-14)20(25)23-8-9-26-13-17(23)11-19(24)22-7-6-15-4-2-3-5-16(15)12-22/h2-5,10,17H,6-9,11-13H2,1H3/t17-/m1/s1. The van der Waals surface area contributed by atoms with E-state index in [1.54, 1.807) is 17.9 Å². The molecule has 1 fully saturated rings. The lowest BCUT2D eigenvalue weighted by Crippen LogP contribution is -2.51. The van der Waals surface area contributed by atoms with Crippen LogP contribution in [0.2, 0.25) is 0 Å². The molecule has 0 bridgehead atoms. The number of ether oxygens (including phenoxy) is 1.